The fraction of sp³-hybridized carbons (Fsp3) is 0.635. The first-order valence-corrected chi connectivity index (χ1v) is 24.4. The van der Waals surface area contributed by atoms with Gasteiger partial charge in [-0.2, -0.15) is 0 Å². The van der Waals surface area contributed by atoms with E-state index in [0.717, 1.165) is 61.6 Å². The molecule has 1 heterocycles. The number of ether oxygens (including phenoxy) is 4. The van der Waals surface area contributed by atoms with Gasteiger partial charge in [-0.3, -0.25) is 4.90 Å². The number of allylic oxidation sites excluding steroid dienone is 1. The Morgan fingerprint density at radius 2 is 1.61 bits per heavy atom. The van der Waals surface area contributed by atoms with Crippen LogP contribution in [0.4, 0.5) is 9.59 Å². The van der Waals surface area contributed by atoms with Crippen molar-refractivity contribution < 1.29 is 43.6 Å². The van der Waals surface area contributed by atoms with E-state index in [9.17, 15) is 19.8 Å². The molecular weight excluding hydrogens is 811 g/mol. The molecule has 1 fully saturated rings. The maximum absolute atomic E-state index is 13.9. The summed E-state index contributed by atoms with van der Waals surface area (Å²) in [4.78, 5) is 35.0. The molecule has 0 spiro atoms. The Bertz CT molecular complexity index is 1790. The summed E-state index contributed by atoms with van der Waals surface area (Å²) in [7, 11) is 1.39. The molecule has 3 N–H and O–H groups in total. The zero-order chi connectivity index (χ0) is 45.6. The van der Waals surface area contributed by atoms with E-state index in [1.165, 1.54) is 52.1 Å². The molecule has 6 unspecified atom stereocenters. The monoisotopic (exact) mass is 888 g/mol. The van der Waals surface area contributed by atoms with Gasteiger partial charge in [0.15, 0.2) is 0 Å². The van der Waals surface area contributed by atoms with Gasteiger partial charge in [-0.15, -0.1) is 6.58 Å². The van der Waals surface area contributed by atoms with Crippen LogP contribution in [0, 0.1) is 17.8 Å². The van der Waals surface area contributed by atoms with E-state index >= 15 is 0 Å². The van der Waals surface area contributed by atoms with Gasteiger partial charge in [-0.25, -0.2) is 9.59 Å². The quantitative estimate of drug-likeness (QED) is 0.0412. The highest BCUT2D eigenvalue weighted by Gasteiger charge is 2.65. The Labute approximate surface area is 382 Å². The van der Waals surface area contributed by atoms with Gasteiger partial charge in [0.25, 0.3) is 0 Å². The minimum Gasteiger partial charge on any atom is -0.459 e. The fourth-order valence-electron chi connectivity index (χ4n) is 10.1. The molecule has 1 saturated carbocycles. The molecule has 3 aliphatic rings. The maximum Gasteiger partial charge on any atom is 0.412 e. The third-order valence-corrected chi connectivity index (χ3v) is 13.2. The molecule has 2 amide bonds. The van der Waals surface area contributed by atoms with E-state index in [-0.39, 0.29) is 50.6 Å². The standard InChI is InChI=1S/C52H77N3O9/c1-5-8-9-10-11-12-13-14-15-21-30-53-50(58)63-41-28-29-46-44(36-41)48-42(27-20-23-33-57)40(26-19-22-32-56)35-43-45(54-62-38-39-24-17-16-18-25-39)37-47(55(31-6-2)51(59)60-4)52(64-46,49(43)48)61-34-7-3/h7,16-18,24-25,28-29,35-36,40,42,47-49,56-57H,3,5-6,8-15,19-23,26-27,30-34,37-38H2,1-2,4H3,(H,53,58). The van der Waals surface area contributed by atoms with Crippen LogP contribution in [-0.4, -0.2) is 84.9 Å². The highest BCUT2D eigenvalue weighted by molar-refractivity contribution is 6.03. The zero-order valence-electron chi connectivity index (χ0n) is 39.0. The lowest BCUT2D eigenvalue weighted by molar-refractivity contribution is -0.255. The van der Waals surface area contributed by atoms with Gasteiger partial charge < -0.3 is 39.3 Å². The number of oxime groups is 1. The summed E-state index contributed by atoms with van der Waals surface area (Å²) in [6, 6.07) is 14.7. The number of rotatable bonds is 29. The number of unbranched alkanes of at least 4 members (excludes halogenated alkanes) is 11. The van der Waals surface area contributed by atoms with Gasteiger partial charge in [-0.05, 0) is 79.7 Å². The molecule has 6 atom stereocenters. The molecule has 0 bridgehead atoms. The first-order chi connectivity index (χ1) is 31.3. The summed E-state index contributed by atoms with van der Waals surface area (Å²) in [6.07, 6.45) is 20.6. The molecule has 2 aromatic rings. The zero-order valence-corrected chi connectivity index (χ0v) is 39.0. The summed E-state index contributed by atoms with van der Waals surface area (Å²) in [5.41, 5.74) is 3.48. The number of methoxy groups -OCH3 is 1. The first-order valence-electron chi connectivity index (χ1n) is 24.4. The smallest absolute Gasteiger partial charge is 0.412 e. The van der Waals surface area contributed by atoms with Crippen LogP contribution in [0.3, 0.4) is 0 Å². The van der Waals surface area contributed by atoms with Crippen molar-refractivity contribution >= 4 is 17.9 Å². The van der Waals surface area contributed by atoms with E-state index in [4.69, 9.17) is 28.9 Å². The lowest BCUT2D eigenvalue weighted by atomic mass is 9.55. The van der Waals surface area contributed by atoms with Crippen molar-refractivity contribution in [3.63, 3.8) is 0 Å². The molecule has 5 rings (SSSR count). The molecule has 12 heteroatoms. The number of benzene rings is 2. The largest absolute Gasteiger partial charge is 0.459 e. The molecule has 1 aliphatic heterocycles. The van der Waals surface area contributed by atoms with Crippen molar-refractivity contribution in [3.8, 4) is 11.5 Å². The lowest BCUT2D eigenvalue weighted by Crippen LogP contribution is -2.70. The topological polar surface area (TPSA) is 148 Å². The van der Waals surface area contributed by atoms with Crippen LogP contribution in [0.1, 0.15) is 146 Å². The third kappa shape index (κ3) is 13.6. The third-order valence-electron chi connectivity index (χ3n) is 13.2. The second-order valence-corrected chi connectivity index (χ2v) is 17.7. The summed E-state index contributed by atoms with van der Waals surface area (Å²) in [5, 5.41) is 27.7. The predicted octanol–water partition coefficient (Wildman–Crippen LogP) is 11.0. The lowest BCUT2D eigenvalue weighted by Gasteiger charge is -2.59. The van der Waals surface area contributed by atoms with Crippen molar-refractivity contribution in [2.45, 2.75) is 154 Å². The van der Waals surface area contributed by atoms with Crippen LogP contribution >= 0.6 is 0 Å². The Morgan fingerprint density at radius 1 is 0.906 bits per heavy atom. The average Bonchev–Trinajstić information content (AvgIpc) is 3.31. The predicted molar refractivity (Wildman–Crippen MR) is 251 cm³/mol. The summed E-state index contributed by atoms with van der Waals surface area (Å²) in [6.45, 7) is 9.78. The Balaban J connectivity index is 1.53. The Hall–Kier alpha value is -4.39. The number of aliphatic hydroxyl groups excluding tert-OH is 2. The van der Waals surface area contributed by atoms with Crippen molar-refractivity contribution in [2.24, 2.45) is 22.9 Å². The molecule has 0 radical (unpaired) electrons. The Kier molecular flexibility index (Phi) is 21.5. The second-order valence-electron chi connectivity index (χ2n) is 17.7. The van der Waals surface area contributed by atoms with E-state index in [0.29, 0.717) is 49.6 Å². The fourth-order valence-corrected chi connectivity index (χ4v) is 10.1. The summed E-state index contributed by atoms with van der Waals surface area (Å²) < 4.78 is 25.7. The summed E-state index contributed by atoms with van der Waals surface area (Å²) in [5.74, 6) is -1.08. The molecular formula is C52H77N3O9. The van der Waals surface area contributed by atoms with Crippen molar-refractivity contribution in [3.05, 3.63) is 84.0 Å². The summed E-state index contributed by atoms with van der Waals surface area (Å²) >= 11 is 0. The highest BCUT2D eigenvalue weighted by Crippen LogP contribution is 2.62. The number of hydrogen-bond acceptors (Lipinski definition) is 10. The van der Waals surface area contributed by atoms with Crippen molar-refractivity contribution in [1.82, 2.24) is 10.2 Å². The van der Waals surface area contributed by atoms with E-state index in [1.54, 1.807) is 17.0 Å². The van der Waals surface area contributed by atoms with Gasteiger partial charge in [0.2, 0.25) is 5.79 Å². The number of aliphatic hydroxyl groups is 2. The number of carbonyl (C=O) groups is 2. The van der Waals surface area contributed by atoms with Crippen LogP contribution in [0.15, 0.2) is 78.0 Å². The van der Waals surface area contributed by atoms with Crippen LogP contribution in [0.25, 0.3) is 0 Å². The van der Waals surface area contributed by atoms with Gasteiger partial charge in [-0.1, -0.05) is 132 Å². The Morgan fingerprint density at radius 3 is 2.28 bits per heavy atom. The first kappa shape index (κ1) is 50.6. The number of fused-ring (bicyclic) bond motifs is 2. The van der Waals surface area contributed by atoms with E-state index in [2.05, 4.69) is 24.9 Å². The molecule has 0 aromatic heterocycles. The van der Waals surface area contributed by atoms with E-state index in [1.807, 2.05) is 49.4 Å². The number of amides is 2. The number of nitrogens with one attached hydrogen (secondary N) is 1. The van der Waals surface area contributed by atoms with E-state index < -0.39 is 29.9 Å². The second kappa shape index (κ2) is 27.2. The molecule has 64 heavy (non-hydrogen) atoms. The maximum atomic E-state index is 13.9. The molecule has 2 aliphatic carbocycles. The van der Waals surface area contributed by atoms with Gasteiger partial charge >= 0.3 is 12.2 Å². The number of nitrogens with zero attached hydrogens (tertiary/aromatic N) is 2. The highest BCUT2D eigenvalue weighted by atomic mass is 16.7. The average molecular weight is 888 g/mol. The minimum atomic E-state index is -1.40. The van der Waals surface area contributed by atoms with Crippen molar-refractivity contribution in [2.75, 3.05) is 40.0 Å². The van der Waals surface area contributed by atoms with Crippen molar-refractivity contribution in [1.29, 1.82) is 0 Å². The van der Waals surface area contributed by atoms with Crippen LogP contribution < -0.4 is 14.8 Å². The molecule has 0 saturated heterocycles. The number of hydrogen-bond donors (Lipinski definition) is 3. The molecule has 12 nitrogen and oxygen atoms in total. The minimum absolute atomic E-state index is 0.0248. The van der Waals surface area contributed by atoms with Gasteiger partial charge in [0, 0.05) is 44.2 Å². The normalized spacial score (nSPS) is 22.7. The SMILES string of the molecule is C=CCOC12Oc3ccc(OC(=O)NCCCCCCCCCCCC)cc3C3C(CCCCO)C(CCCCO)C=C(C(=NOCc4ccccc4)CC1N(CCC)C(=O)OC)C32. The number of carbonyl (C=O) groups excluding carboxylic acids is 2. The van der Waals surface area contributed by atoms with Crippen LogP contribution in [-0.2, 0) is 20.9 Å². The van der Waals surface area contributed by atoms with Crippen LogP contribution in [0.5, 0.6) is 11.5 Å². The van der Waals surface area contributed by atoms with Gasteiger partial charge in [0.1, 0.15) is 24.1 Å². The van der Waals surface area contributed by atoms with Crippen LogP contribution in [0.2, 0.25) is 0 Å². The van der Waals surface area contributed by atoms with Gasteiger partial charge in [0.05, 0.1) is 25.3 Å². The molecule has 354 valence electrons. The molecule has 2 aromatic carbocycles.